The number of aryl methyl sites for hydroxylation is 1. The number of hydrogen-bond donors (Lipinski definition) is 0. The fourth-order valence-electron chi connectivity index (χ4n) is 5.91. The number of rotatable bonds is 5. The van der Waals surface area contributed by atoms with Crippen molar-refractivity contribution < 1.29 is 23.4 Å². The van der Waals surface area contributed by atoms with E-state index in [1.54, 1.807) is 19.2 Å². The van der Waals surface area contributed by atoms with Crippen LogP contribution in [0.5, 0.6) is 5.75 Å². The van der Waals surface area contributed by atoms with Crippen LogP contribution >= 0.6 is 0 Å². The van der Waals surface area contributed by atoms with Gasteiger partial charge in [0.05, 0.1) is 49.4 Å². The van der Waals surface area contributed by atoms with Crippen LogP contribution in [-0.2, 0) is 14.3 Å². The van der Waals surface area contributed by atoms with Crippen LogP contribution in [0.2, 0.25) is 0 Å². The van der Waals surface area contributed by atoms with Gasteiger partial charge in [0.25, 0.3) is 0 Å². The predicted octanol–water partition coefficient (Wildman–Crippen LogP) is 4.64. The van der Waals surface area contributed by atoms with Gasteiger partial charge in [-0.1, -0.05) is 17.3 Å². The molecular weight excluding hydrogens is 449 g/mol. The summed E-state index contributed by atoms with van der Waals surface area (Å²) in [6.45, 7) is 4.43. The summed E-state index contributed by atoms with van der Waals surface area (Å²) in [5.74, 6) is -0.252. The largest absolute Gasteiger partial charge is 0.496 e. The molecular formula is C27H30FN3O4. The van der Waals surface area contributed by atoms with Crippen LogP contribution in [-0.4, -0.2) is 47.4 Å². The summed E-state index contributed by atoms with van der Waals surface area (Å²) >= 11 is 0. The van der Waals surface area contributed by atoms with Gasteiger partial charge < -0.3 is 14.2 Å². The Kier molecular flexibility index (Phi) is 6.09. The standard InChI is InChI=1S/C27H30FN3O4/c1-16-17(2)31(30-29-16)21-9-10-24(33-3)23(13-21)19-14-27(35-15-19)12-11-22(26(32)34-4)25(27)18-5-7-20(28)8-6-18/h5-10,13,19,22,25H,11-12,14-15H2,1-4H3/t19?,22-,25+,27+/m0/s1. The number of nitrogens with zero attached hydrogens (tertiary/aromatic N) is 3. The highest BCUT2D eigenvalue weighted by atomic mass is 19.1. The molecule has 2 fully saturated rings. The molecule has 3 aromatic rings. The Hall–Kier alpha value is -3.26. The van der Waals surface area contributed by atoms with E-state index in [2.05, 4.69) is 16.4 Å². The molecule has 2 heterocycles. The number of aromatic nitrogens is 3. The van der Waals surface area contributed by atoms with Crippen molar-refractivity contribution in [2.75, 3.05) is 20.8 Å². The van der Waals surface area contributed by atoms with Crippen LogP contribution in [0.4, 0.5) is 4.39 Å². The second-order valence-electron chi connectivity index (χ2n) is 9.57. The molecule has 0 radical (unpaired) electrons. The summed E-state index contributed by atoms with van der Waals surface area (Å²) in [6, 6.07) is 12.4. The van der Waals surface area contributed by atoms with Gasteiger partial charge in [0.15, 0.2) is 0 Å². The summed E-state index contributed by atoms with van der Waals surface area (Å²) in [6.07, 6.45) is 2.11. The molecule has 0 N–H and O–H groups in total. The van der Waals surface area contributed by atoms with Crippen molar-refractivity contribution >= 4 is 5.97 Å². The topological polar surface area (TPSA) is 75.5 Å². The molecule has 2 aromatic carbocycles. The van der Waals surface area contributed by atoms with Crippen LogP contribution in [0.25, 0.3) is 5.69 Å². The molecule has 1 spiro atoms. The van der Waals surface area contributed by atoms with Gasteiger partial charge in [-0.2, -0.15) is 0 Å². The van der Waals surface area contributed by atoms with Crippen LogP contribution in [0.3, 0.4) is 0 Å². The molecule has 1 saturated heterocycles. The molecule has 0 amide bonds. The Bertz CT molecular complexity index is 1240. The van der Waals surface area contributed by atoms with Crippen LogP contribution in [0.1, 0.15) is 53.6 Å². The van der Waals surface area contributed by atoms with Gasteiger partial charge >= 0.3 is 5.97 Å². The Balaban J connectivity index is 1.51. The number of carbonyl (C=O) groups excluding carboxylic acids is 1. The summed E-state index contributed by atoms with van der Waals surface area (Å²) in [7, 11) is 3.08. The van der Waals surface area contributed by atoms with E-state index >= 15 is 0 Å². The van der Waals surface area contributed by atoms with Crippen molar-refractivity contribution in [3.05, 3.63) is 70.8 Å². The van der Waals surface area contributed by atoms with E-state index in [9.17, 15) is 9.18 Å². The summed E-state index contributed by atoms with van der Waals surface area (Å²) in [5.41, 5.74) is 4.17. The average molecular weight is 480 g/mol. The smallest absolute Gasteiger partial charge is 0.309 e. The van der Waals surface area contributed by atoms with Crippen molar-refractivity contribution in [2.45, 2.75) is 50.5 Å². The maximum atomic E-state index is 13.7. The first-order valence-corrected chi connectivity index (χ1v) is 11.9. The first-order chi connectivity index (χ1) is 16.9. The normalized spacial score (nSPS) is 25.8. The lowest BCUT2D eigenvalue weighted by atomic mass is 9.76. The van der Waals surface area contributed by atoms with Crippen molar-refractivity contribution in [1.29, 1.82) is 0 Å². The molecule has 4 atom stereocenters. The van der Waals surface area contributed by atoms with E-state index in [-0.39, 0.29) is 29.5 Å². The van der Waals surface area contributed by atoms with E-state index < -0.39 is 5.60 Å². The average Bonchev–Trinajstić information content (AvgIpc) is 3.57. The predicted molar refractivity (Wildman–Crippen MR) is 127 cm³/mol. The zero-order valence-corrected chi connectivity index (χ0v) is 20.5. The van der Waals surface area contributed by atoms with Crippen LogP contribution < -0.4 is 4.74 Å². The van der Waals surface area contributed by atoms with E-state index in [0.29, 0.717) is 13.0 Å². The van der Waals surface area contributed by atoms with Crippen molar-refractivity contribution in [1.82, 2.24) is 15.0 Å². The van der Waals surface area contributed by atoms with Gasteiger partial charge in [-0.25, -0.2) is 9.07 Å². The van der Waals surface area contributed by atoms with Crippen molar-refractivity contribution in [2.24, 2.45) is 5.92 Å². The number of carbonyl (C=O) groups is 1. The first-order valence-electron chi connectivity index (χ1n) is 11.9. The molecule has 1 aliphatic heterocycles. The molecule has 7 nitrogen and oxygen atoms in total. The van der Waals surface area contributed by atoms with E-state index in [0.717, 1.165) is 46.8 Å². The van der Waals surface area contributed by atoms with E-state index in [1.165, 1.54) is 19.2 Å². The number of hydrogen-bond acceptors (Lipinski definition) is 6. The lowest BCUT2D eigenvalue weighted by Crippen LogP contribution is -2.35. The third-order valence-corrected chi connectivity index (χ3v) is 7.77. The van der Waals surface area contributed by atoms with Crippen LogP contribution in [0.15, 0.2) is 42.5 Å². The summed E-state index contributed by atoms with van der Waals surface area (Å²) < 4.78 is 32.9. The Morgan fingerprint density at radius 2 is 1.94 bits per heavy atom. The monoisotopic (exact) mass is 479 g/mol. The van der Waals surface area contributed by atoms with Gasteiger partial charge in [0.2, 0.25) is 0 Å². The van der Waals surface area contributed by atoms with Crippen molar-refractivity contribution in [3.63, 3.8) is 0 Å². The maximum absolute atomic E-state index is 13.7. The fraction of sp³-hybridized carbons (Fsp3) is 0.444. The molecule has 35 heavy (non-hydrogen) atoms. The minimum absolute atomic E-state index is 0.0640. The summed E-state index contributed by atoms with van der Waals surface area (Å²) in [4.78, 5) is 12.7. The van der Waals surface area contributed by atoms with Crippen molar-refractivity contribution in [3.8, 4) is 11.4 Å². The molecule has 184 valence electrons. The van der Waals surface area contributed by atoms with E-state index in [4.69, 9.17) is 14.2 Å². The highest BCUT2D eigenvalue weighted by Crippen LogP contribution is 2.57. The summed E-state index contributed by atoms with van der Waals surface area (Å²) in [5, 5.41) is 8.48. The molecule has 2 aliphatic rings. The maximum Gasteiger partial charge on any atom is 0.309 e. The Labute approximate surface area is 204 Å². The lowest BCUT2D eigenvalue weighted by Gasteiger charge is -2.33. The van der Waals surface area contributed by atoms with Gasteiger partial charge in [0, 0.05) is 17.4 Å². The third-order valence-electron chi connectivity index (χ3n) is 7.77. The fourth-order valence-corrected chi connectivity index (χ4v) is 5.91. The molecule has 5 rings (SSSR count). The minimum Gasteiger partial charge on any atom is -0.496 e. The van der Waals surface area contributed by atoms with Crippen LogP contribution in [0, 0.1) is 25.6 Å². The Morgan fingerprint density at radius 3 is 2.60 bits per heavy atom. The van der Waals surface area contributed by atoms with Gasteiger partial charge in [-0.05, 0) is 69.0 Å². The molecule has 0 bridgehead atoms. The SMILES string of the molecule is COC(=O)[C@H]1CC[C@@]2(CC(c3cc(-n4nnc(C)c4C)ccc3OC)CO2)[C@@H]1c1ccc(F)cc1. The Morgan fingerprint density at radius 1 is 1.17 bits per heavy atom. The molecule has 1 aliphatic carbocycles. The van der Waals surface area contributed by atoms with Gasteiger partial charge in [-0.15, -0.1) is 5.10 Å². The van der Waals surface area contributed by atoms with E-state index in [1.807, 2.05) is 30.7 Å². The second-order valence-corrected chi connectivity index (χ2v) is 9.57. The molecule has 1 aromatic heterocycles. The number of benzene rings is 2. The number of esters is 1. The highest BCUT2D eigenvalue weighted by Gasteiger charge is 2.56. The third kappa shape index (κ3) is 3.99. The zero-order valence-electron chi connectivity index (χ0n) is 20.5. The zero-order chi connectivity index (χ0) is 24.7. The minimum atomic E-state index is -0.540. The molecule has 8 heteroatoms. The quantitative estimate of drug-likeness (QED) is 0.496. The van der Waals surface area contributed by atoms with Gasteiger partial charge in [-0.3, -0.25) is 4.79 Å². The molecule has 1 saturated carbocycles. The second kappa shape index (κ2) is 9.07. The number of methoxy groups -OCH3 is 2. The van der Waals surface area contributed by atoms with Gasteiger partial charge in [0.1, 0.15) is 11.6 Å². The number of ether oxygens (including phenoxy) is 3. The number of halogens is 1. The highest BCUT2D eigenvalue weighted by molar-refractivity contribution is 5.74. The molecule has 1 unspecified atom stereocenters. The lowest BCUT2D eigenvalue weighted by molar-refractivity contribution is -0.146. The first kappa shape index (κ1) is 23.5.